The number of rotatable bonds is 4. The van der Waals surface area contributed by atoms with Gasteiger partial charge in [-0.15, -0.1) is 0 Å². The highest BCUT2D eigenvalue weighted by atomic mass is 79.9. The van der Waals surface area contributed by atoms with E-state index in [2.05, 4.69) is 33.1 Å². The van der Waals surface area contributed by atoms with Crippen LogP contribution in [0.5, 0.6) is 5.75 Å². The van der Waals surface area contributed by atoms with E-state index in [-0.39, 0.29) is 29.6 Å². The number of nitro groups is 1. The smallest absolute Gasteiger partial charge is 0.296 e. The van der Waals surface area contributed by atoms with Crippen LogP contribution in [0, 0.1) is 10.1 Å². The van der Waals surface area contributed by atoms with Gasteiger partial charge in [0, 0.05) is 11.0 Å². The second-order valence-corrected chi connectivity index (χ2v) is 4.95. The number of carbonyl (C=O) groups excluding carboxylic acids is 1. The van der Waals surface area contributed by atoms with Gasteiger partial charge >= 0.3 is 0 Å². The van der Waals surface area contributed by atoms with Gasteiger partial charge in [0.05, 0.1) is 16.7 Å². The molecule has 0 saturated carbocycles. The number of nitrogens with zero attached hydrogens (tertiary/aromatic N) is 1. The van der Waals surface area contributed by atoms with Gasteiger partial charge in [-0.1, -0.05) is 22.5 Å². The molecular formula is C11H10BrN3O4. The Morgan fingerprint density at radius 3 is 3.00 bits per heavy atom. The second-order valence-electron chi connectivity index (χ2n) is 3.83. The van der Waals surface area contributed by atoms with Crippen molar-refractivity contribution in [2.24, 2.45) is 0 Å². The number of amides is 1. The zero-order chi connectivity index (χ0) is 14.0. The highest BCUT2D eigenvalue weighted by Gasteiger charge is 2.23. The van der Waals surface area contributed by atoms with Gasteiger partial charge in [-0.2, -0.15) is 0 Å². The Labute approximate surface area is 116 Å². The molecule has 2 rings (SSSR count). The van der Waals surface area contributed by atoms with Gasteiger partial charge in [-0.25, -0.2) is 0 Å². The van der Waals surface area contributed by atoms with Crippen molar-refractivity contribution in [1.29, 1.82) is 0 Å². The van der Waals surface area contributed by atoms with Crippen molar-refractivity contribution < 1.29 is 14.5 Å². The van der Waals surface area contributed by atoms with Crippen molar-refractivity contribution in [3.8, 4) is 5.75 Å². The van der Waals surface area contributed by atoms with Gasteiger partial charge in [0.25, 0.3) is 11.6 Å². The second kappa shape index (κ2) is 5.27. The van der Waals surface area contributed by atoms with Crippen molar-refractivity contribution in [2.75, 3.05) is 23.8 Å². The third-order valence-electron chi connectivity index (χ3n) is 2.40. The van der Waals surface area contributed by atoms with E-state index in [1.54, 1.807) is 0 Å². The predicted octanol–water partition coefficient (Wildman–Crippen LogP) is 2.25. The van der Waals surface area contributed by atoms with Crippen molar-refractivity contribution in [1.82, 2.24) is 0 Å². The molecule has 1 amide bonds. The lowest BCUT2D eigenvalue weighted by atomic mass is 10.2. The molecule has 100 valence electrons. The van der Waals surface area contributed by atoms with Crippen LogP contribution in [0.2, 0.25) is 0 Å². The van der Waals surface area contributed by atoms with Crippen LogP contribution in [0.3, 0.4) is 0 Å². The number of anilines is 2. The maximum absolute atomic E-state index is 11.2. The standard InChI is InChI=1S/C11H10BrN3O4/c1-6(12)4-13-7-2-8-10(3-9(7)15(17)18)19-5-11(16)14-8/h2-3,13H,1,4-5H2,(H,14,16). The van der Waals surface area contributed by atoms with Gasteiger partial charge in [0.1, 0.15) is 5.69 Å². The first kappa shape index (κ1) is 13.3. The van der Waals surface area contributed by atoms with Crippen LogP contribution in [0.25, 0.3) is 0 Å². The number of halogens is 1. The normalized spacial score (nSPS) is 13.0. The fourth-order valence-corrected chi connectivity index (χ4v) is 1.74. The van der Waals surface area contributed by atoms with Crippen LogP contribution in [0.15, 0.2) is 23.2 Å². The fraction of sp³-hybridized carbons (Fsp3) is 0.182. The number of benzene rings is 1. The highest BCUT2D eigenvalue weighted by Crippen LogP contribution is 2.37. The topological polar surface area (TPSA) is 93.5 Å². The molecule has 0 radical (unpaired) electrons. The minimum absolute atomic E-state index is 0.122. The molecule has 0 bridgehead atoms. The monoisotopic (exact) mass is 327 g/mol. The summed E-state index contributed by atoms with van der Waals surface area (Å²) in [5, 5.41) is 16.5. The first-order valence-electron chi connectivity index (χ1n) is 5.29. The molecule has 1 aromatic rings. The lowest BCUT2D eigenvalue weighted by molar-refractivity contribution is -0.384. The van der Waals surface area contributed by atoms with Crippen molar-refractivity contribution >= 4 is 38.9 Å². The average molecular weight is 328 g/mol. The molecule has 0 aliphatic carbocycles. The number of nitro benzene ring substituents is 1. The zero-order valence-corrected chi connectivity index (χ0v) is 11.3. The zero-order valence-electron chi connectivity index (χ0n) is 9.73. The van der Waals surface area contributed by atoms with Crippen molar-refractivity contribution in [3.63, 3.8) is 0 Å². The SMILES string of the molecule is C=C(Br)CNc1cc2c(cc1[N+](=O)[O-])OCC(=O)N2. The maximum Gasteiger partial charge on any atom is 0.296 e. The molecule has 8 heteroatoms. The van der Waals surface area contributed by atoms with E-state index in [0.29, 0.717) is 16.7 Å². The van der Waals surface area contributed by atoms with E-state index < -0.39 is 4.92 Å². The largest absolute Gasteiger partial charge is 0.481 e. The highest BCUT2D eigenvalue weighted by molar-refractivity contribution is 9.11. The summed E-state index contributed by atoms with van der Waals surface area (Å²) in [6.07, 6.45) is 0. The molecule has 1 heterocycles. The van der Waals surface area contributed by atoms with E-state index in [1.165, 1.54) is 12.1 Å². The summed E-state index contributed by atoms with van der Waals surface area (Å²) in [4.78, 5) is 21.7. The summed E-state index contributed by atoms with van der Waals surface area (Å²) in [5.74, 6) is -0.00766. The number of fused-ring (bicyclic) bond motifs is 1. The average Bonchev–Trinajstić information content (AvgIpc) is 2.34. The summed E-state index contributed by atoms with van der Waals surface area (Å²) < 4.78 is 5.79. The van der Waals surface area contributed by atoms with Gasteiger partial charge in [0.15, 0.2) is 12.4 Å². The van der Waals surface area contributed by atoms with E-state index in [4.69, 9.17) is 4.74 Å². The van der Waals surface area contributed by atoms with E-state index in [0.717, 1.165) is 0 Å². The van der Waals surface area contributed by atoms with Crippen molar-refractivity contribution in [3.05, 3.63) is 33.3 Å². The van der Waals surface area contributed by atoms with Gasteiger partial charge in [-0.3, -0.25) is 14.9 Å². The summed E-state index contributed by atoms with van der Waals surface area (Å²) >= 11 is 3.16. The Morgan fingerprint density at radius 1 is 1.63 bits per heavy atom. The molecule has 2 N–H and O–H groups in total. The Kier molecular flexibility index (Phi) is 3.70. The summed E-state index contributed by atoms with van der Waals surface area (Å²) in [6, 6.07) is 2.76. The molecule has 19 heavy (non-hydrogen) atoms. The van der Waals surface area contributed by atoms with Crippen LogP contribution >= 0.6 is 15.9 Å². The Balaban J connectivity index is 2.39. The minimum Gasteiger partial charge on any atom is -0.481 e. The van der Waals surface area contributed by atoms with Gasteiger partial charge < -0.3 is 15.4 Å². The molecule has 0 atom stereocenters. The molecule has 0 spiro atoms. The summed E-state index contributed by atoms with van der Waals surface area (Å²) in [7, 11) is 0. The number of ether oxygens (including phenoxy) is 1. The van der Waals surface area contributed by atoms with Gasteiger partial charge in [-0.05, 0) is 6.07 Å². The fourth-order valence-electron chi connectivity index (χ4n) is 1.60. The Hall–Kier alpha value is -2.09. The number of hydrogen-bond donors (Lipinski definition) is 2. The lowest BCUT2D eigenvalue weighted by Crippen LogP contribution is -2.25. The third-order valence-corrected chi connectivity index (χ3v) is 2.68. The van der Waals surface area contributed by atoms with Crippen molar-refractivity contribution in [2.45, 2.75) is 0 Å². The Morgan fingerprint density at radius 2 is 2.37 bits per heavy atom. The van der Waals surface area contributed by atoms with Crippen LogP contribution in [-0.2, 0) is 4.79 Å². The van der Waals surface area contributed by atoms with E-state index in [1.807, 2.05) is 0 Å². The molecule has 1 aliphatic heterocycles. The summed E-state index contributed by atoms with van der Waals surface area (Å²) in [5.41, 5.74) is 0.573. The lowest BCUT2D eigenvalue weighted by Gasteiger charge is -2.19. The molecule has 0 unspecified atom stereocenters. The summed E-state index contributed by atoms with van der Waals surface area (Å²) in [6.45, 7) is 3.82. The molecule has 0 aromatic heterocycles. The molecule has 0 saturated heterocycles. The number of carbonyl (C=O) groups is 1. The van der Waals surface area contributed by atoms with E-state index >= 15 is 0 Å². The molecule has 1 aliphatic rings. The first-order chi connectivity index (χ1) is 8.97. The number of hydrogen-bond acceptors (Lipinski definition) is 5. The van der Waals surface area contributed by atoms with Crippen LogP contribution < -0.4 is 15.4 Å². The molecular weight excluding hydrogens is 318 g/mol. The number of nitrogens with one attached hydrogen (secondary N) is 2. The quantitative estimate of drug-likeness (QED) is 0.653. The minimum atomic E-state index is -0.514. The van der Waals surface area contributed by atoms with Crippen LogP contribution in [0.4, 0.5) is 17.1 Å². The van der Waals surface area contributed by atoms with Crippen LogP contribution in [0.1, 0.15) is 0 Å². The predicted molar refractivity (Wildman–Crippen MR) is 73.8 cm³/mol. The molecule has 1 aromatic carbocycles. The van der Waals surface area contributed by atoms with Crippen LogP contribution in [-0.4, -0.2) is 24.0 Å². The van der Waals surface area contributed by atoms with Gasteiger partial charge in [0.2, 0.25) is 0 Å². The van der Waals surface area contributed by atoms with E-state index in [9.17, 15) is 14.9 Å². The molecule has 7 nitrogen and oxygen atoms in total. The Bertz CT molecular complexity index is 573. The first-order valence-corrected chi connectivity index (χ1v) is 6.09. The molecule has 0 fully saturated rings. The third kappa shape index (κ3) is 3.02. The maximum atomic E-state index is 11.2.